The molecule has 2 aromatic rings. The van der Waals surface area contributed by atoms with Gasteiger partial charge < -0.3 is 10.5 Å². The van der Waals surface area contributed by atoms with E-state index in [1.165, 1.54) is 7.11 Å². The molecule has 100 valence electrons. The molecule has 1 aromatic carbocycles. The van der Waals surface area contributed by atoms with E-state index in [2.05, 4.69) is 5.10 Å². The molecule has 1 heterocycles. The van der Waals surface area contributed by atoms with E-state index in [4.69, 9.17) is 10.5 Å². The van der Waals surface area contributed by atoms with Crippen LogP contribution < -0.4 is 5.73 Å². The summed E-state index contributed by atoms with van der Waals surface area (Å²) in [5, 5.41) is 4.23. The lowest BCUT2D eigenvalue weighted by Gasteiger charge is -2.21. The van der Waals surface area contributed by atoms with Crippen LogP contribution in [0.3, 0.4) is 0 Å². The maximum absolute atomic E-state index is 11.7. The summed E-state index contributed by atoms with van der Waals surface area (Å²) in [6, 6.07) is 7.54. The van der Waals surface area contributed by atoms with E-state index >= 15 is 0 Å². The Kier molecular flexibility index (Phi) is 3.29. The van der Waals surface area contributed by atoms with Gasteiger partial charge in [0.15, 0.2) is 5.54 Å². The van der Waals surface area contributed by atoms with Crippen molar-refractivity contribution in [2.45, 2.75) is 19.4 Å². The average Bonchev–Trinajstić information content (AvgIpc) is 2.88. The Morgan fingerprint density at radius 2 is 2.05 bits per heavy atom. The van der Waals surface area contributed by atoms with Gasteiger partial charge in [-0.15, -0.1) is 0 Å². The number of nitrogens with two attached hydrogens (primary N) is 1. The van der Waals surface area contributed by atoms with E-state index in [0.29, 0.717) is 5.69 Å². The number of carbonyl (C=O) groups is 1. The number of ether oxygens (including phenoxy) is 1. The summed E-state index contributed by atoms with van der Waals surface area (Å²) in [6.07, 6.45) is 3.49. The fraction of sp³-hybridized carbons (Fsp3) is 0.286. The first-order chi connectivity index (χ1) is 8.96. The molecule has 2 N–H and O–H groups in total. The van der Waals surface area contributed by atoms with Crippen molar-refractivity contribution >= 4 is 11.7 Å². The fourth-order valence-corrected chi connectivity index (χ4v) is 1.87. The van der Waals surface area contributed by atoms with Crippen molar-refractivity contribution in [2.75, 3.05) is 12.8 Å². The number of benzene rings is 1. The lowest BCUT2D eigenvalue weighted by atomic mass is 10.1. The predicted octanol–water partition coefficient (Wildman–Crippen LogP) is 2.04. The van der Waals surface area contributed by atoms with Gasteiger partial charge in [0.25, 0.3) is 0 Å². The second-order valence-electron chi connectivity index (χ2n) is 4.81. The average molecular weight is 259 g/mol. The van der Waals surface area contributed by atoms with E-state index < -0.39 is 5.54 Å². The van der Waals surface area contributed by atoms with Crippen molar-refractivity contribution in [3.8, 4) is 11.1 Å². The van der Waals surface area contributed by atoms with Crippen LogP contribution in [0.5, 0.6) is 0 Å². The van der Waals surface area contributed by atoms with Crippen LogP contribution in [0, 0.1) is 0 Å². The second kappa shape index (κ2) is 4.76. The van der Waals surface area contributed by atoms with Gasteiger partial charge in [-0.05, 0) is 19.9 Å². The minimum Gasteiger partial charge on any atom is -0.467 e. The zero-order valence-electron chi connectivity index (χ0n) is 11.3. The lowest BCUT2D eigenvalue weighted by molar-refractivity contribution is -0.150. The Morgan fingerprint density at radius 3 is 2.68 bits per heavy atom. The van der Waals surface area contributed by atoms with Gasteiger partial charge in [-0.25, -0.2) is 4.79 Å². The summed E-state index contributed by atoms with van der Waals surface area (Å²) in [5.74, 6) is -0.344. The summed E-state index contributed by atoms with van der Waals surface area (Å²) in [6.45, 7) is 3.51. The molecule has 0 radical (unpaired) electrons. The third kappa shape index (κ3) is 2.31. The Bertz CT molecular complexity index is 602. The zero-order chi connectivity index (χ0) is 14.0. The number of carbonyl (C=O) groups excluding carboxylic acids is 1. The molecule has 0 aliphatic heterocycles. The molecule has 0 unspecified atom stereocenters. The Labute approximate surface area is 112 Å². The minimum atomic E-state index is -0.851. The molecule has 5 nitrogen and oxygen atoms in total. The topological polar surface area (TPSA) is 70.1 Å². The van der Waals surface area contributed by atoms with Crippen molar-refractivity contribution in [1.82, 2.24) is 9.78 Å². The van der Waals surface area contributed by atoms with Crippen LogP contribution >= 0.6 is 0 Å². The first-order valence-corrected chi connectivity index (χ1v) is 5.95. The van der Waals surface area contributed by atoms with Crippen LogP contribution in [0.2, 0.25) is 0 Å². The van der Waals surface area contributed by atoms with Gasteiger partial charge in [-0.2, -0.15) is 5.10 Å². The minimum absolute atomic E-state index is 0.344. The van der Waals surface area contributed by atoms with E-state index in [0.717, 1.165) is 11.1 Å². The number of hydrogen-bond donors (Lipinski definition) is 1. The molecule has 0 bridgehead atoms. The first-order valence-electron chi connectivity index (χ1n) is 5.95. The second-order valence-corrected chi connectivity index (χ2v) is 4.81. The molecule has 0 saturated heterocycles. The van der Waals surface area contributed by atoms with Crippen LogP contribution in [-0.2, 0) is 15.1 Å². The van der Waals surface area contributed by atoms with Crippen LogP contribution in [0.1, 0.15) is 13.8 Å². The zero-order valence-corrected chi connectivity index (χ0v) is 11.3. The summed E-state index contributed by atoms with van der Waals surface area (Å²) in [4.78, 5) is 11.7. The SMILES string of the molecule is COC(=O)C(C)(C)n1cc(-c2ccccc2N)cn1. The molecular weight excluding hydrogens is 242 g/mol. The normalized spacial score (nSPS) is 11.3. The molecule has 0 spiro atoms. The van der Waals surface area contributed by atoms with Gasteiger partial charge in [0, 0.05) is 23.0 Å². The number of nitrogens with zero attached hydrogens (tertiary/aromatic N) is 2. The van der Waals surface area contributed by atoms with E-state index in [1.807, 2.05) is 24.3 Å². The van der Waals surface area contributed by atoms with Gasteiger partial charge in [0.2, 0.25) is 0 Å². The molecular formula is C14H17N3O2. The van der Waals surface area contributed by atoms with Crippen molar-refractivity contribution in [1.29, 1.82) is 0 Å². The van der Waals surface area contributed by atoms with Crippen LogP contribution in [0.15, 0.2) is 36.7 Å². The molecule has 0 atom stereocenters. The largest absolute Gasteiger partial charge is 0.467 e. The molecule has 0 aliphatic carbocycles. The standard InChI is InChI=1S/C14H17N3O2/c1-14(2,13(18)19-3)17-9-10(8-16-17)11-6-4-5-7-12(11)15/h4-9H,15H2,1-3H3. The molecule has 0 fully saturated rings. The van der Waals surface area contributed by atoms with Gasteiger partial charge in [0.1, 0.15) is 0 Å². The maximum atomic E-state index is 11.7. The van der Waals surface area contributed by atoms with E-state index in [1.54, 1.807) is 30.9 Å². The third-order valence-electron chi connectivity index (χ3n) is 3.11. The Hall–Kier alpha value is -2.30. The lowest BCUT2D eigenvalue weighted by Crippen LogP contribution is -2.37. The molecule has 2 rings (SSSR count). The number of para-hydroxylation sites is 1. The highest BCUT2D eigenvalue weighted by atomic mass is 16.5. The summed E-state index contributed by atoms with van der Waals surface area (Å²) >= 11 is 0. The van der Waals surface area contributed by atoms with Crippen molar-refractivity contribution in [3.05, 3.63) is 36.7 Å². The summed E-state index contributed by atoms with van der Waals surface area (Å²) < 4.78 is 6.37. The smallest absolute Gasteiger partial charge is 0.333 e. The molecule has 0 aliphatic rings. The number of anilines is 1. The van der Waals surface area contributed by atoms with E-state index in [-0.39, 0.29) is 5.97 Å². The molecule has 0 saturated carbocycles. The molecule has 1 aromatic heterocycles. The summed E-state index contributed by atoms with van der Waals surface area (Å²) in [5.41, 5.74) is 7.52. The summed E-state index contributed by atoms with van der Waals surface area (Å²) in [7, 11) is 1.36. The molecule has 0 amide bonds. The maximum Gasteiger partial charge on any atom is 0.333 e. The van der Waals surface area contributed by atoms with Crippen molar-refractivity contribution in [2.24, 2.45) is 0 Å². The Balaban J connectivity index is 2.40. The van der Waals surface area contributed by atoms with E-state index in [9.17, 15) is 4.79 Å². The van der Waals surface area contributed by atoms with Crippen LogP contribution in [-0.4, -0.2) is 22.9 Å². The van der Waals surface area contributed by atoms with Gasteiger partial charge >= 0.3 is 5.97 Å². The van der Waals surface area contributed by atoms with Gasteiger partial charge in [-0.1, -0.05) is 18.2 Å². The van der Waals surface area contributed by atoms with Crippen LogP contribution in [0.4, 0.5) is 5.69 Å². The Morgan fingerprint density at radius 1 is 1.37 bits per heavy atom. The van der Waals surface area contributed by atoms with Crippen molar-refractivity contribution < 1.29 is 9.53 Å². The number of rotatable bonds is 3. The quantitative estimate of drug-likeness (QED) is 0.676. The van der Waals surface area contributed by atoms with Crippen LogP contribution in [0.25, 0.3) is 11.1 Å². The highest BCUT2D eigenvalue weighted by Gasteiger charge is 2.31. The monoisotopic (exact) mass is 259 g/mol. The van der Waals surface area contributed by atoms with Gasteiger partial charge in [0.05, 0.1) is 13.3 Å². The fourth-order valence-electron chi connectivity index (χ4n) is 1.87. The number of methoxy groups -OCH3 is 1. The van der Waals surface area contributed by atoms with Crippen molar-refractivity contribution in [3.63, 3.8) is 0 Å². The molecule has 5 heteroatoms. The first kappa shape index (κ1) is 13.1. The number of aromatic nitrogens is 2. The number of esters is 1. The molecule has 19 heavy (non-hydrogen) atoms. The van der Waals surface area contributed by atoms with Gasteiger partial charge in [-0.3, -0.25) is 4.68 Å². The number of hydrogen-bond acceptors (Lipinski definition) is 4. The third-order valence-corrected chi connectivity index (χ3v) is 3.11. The highest BCUT2D eigenvalue weighted by molar-refractivity contribution is 5.79. The predicted molar refractivity (Wildman–Crippen MR) is 73.4 cm³/mol. The number of nitrogen functional groups attached to an aromatic ring is 1. The highest BCUT2D eigenvalue weighted by Crippen LogP contribution is 2.27.